The van der Waals surface area contributed by atoms with Crippen LogP contribution in [0.1, 0.15) is 22.3 Å². The van der Waals surface area contributed by atoms with Gasteiger partial charge in [0.2, 0.25) is 5.91 Å². The van der Waals surface area contributed by atoms with Gasteiger partial charge in [-0.15, -0.1) is 0 Å². The van der Waals surface area contributed by atoms with Gasteiger partial charge in [0.05, 0.1) is 6.54 Å². The number of halogens is 1. The highest BCUT2D eigenvalue weighted by Gasteiger charge is 2.07. The van der Waals surface area contributed by atoms with E-state index in [4.69, 9.17) is 11.6 Å². The van der Waals surface area contributed by atoms with Gasteiger partial charge in [0.1, 0.15) is 0 Å². The Hall–Kier alpha value is -1.84. The van der Waals surface area contributed by atoms with E-state index in [9.17, 15) is 4.79 Å². The molecule has 1 amide bonds. The molecule has 2 N–H and O–H groups in total. The maximum absolute atomic E-state index is 12.1. The summed E-state index contributed by atoms with van der Waals surface area (Å²) >= 11 is 5.86. The van der Waals surface area contributed by atoms with E-state index >= 15 is 0 Å². The minimum atomic E-state index is -0.0174. The van der Waals surface area contributed by atoms with E-state index in [2.05, 4.69) is 29.7 Å². The highest BCUT2D eigenvalue weighted by atomic mass is 35.5. The molecule has 0 fully saturated rings. The molecule has 0 radical (unpaired) electrons. The Morgan fingerprint density at radius 3 is 2.26 bits per heavy atom. The standard InChI is InChI=1S/C19H23ClN2O/c1-13-10-14(2)19(15(3)11-13)22-18(23)12-21-9-8-16-4-6-17(20)7-5-16/h4-7,10-11,21H,8-9,12H2,1-3H3,(H,22,23). The number of anilines is 1. The summed E-state index contributed by atoms with van der Waals surface area (Å²) < 4.78 is 0. The van der Waals surface area contributed by atoms with E-state index in [0.717, 1.165) is 34.8 Å². The molecule has 23 heavy (non-hydrogen) atoms. The Balaban J connectivity index is 1.78. The number of nitrogens with one attached hydrogen (secondary N) is 2. The smallest absolute Gasteiger partial charge is 0.238 e. The fourth-order valence-corrected chi connectivity index (χ4v) is 2.77. The number of carbonyl (C=O) groups excluding carboxylic acids is 1. The summed E-state index contributed by atoms with van der Waals surface area (Å²) in [5.74, 6) is -0.0174. The largest absolute Gasteiger partial charge is 0.324 e. The maximum Gasteiger partial charge on any atom is 0.238 e. The molecular formula is C19H23ClN2O. The lowest BCUT2D eigenvalue weighted by atomic mass is 10.1. The van der Waals surface area contributed by atoms with Crippen LogP contribution in [0.4, 0.5) is 5.69 Å². The second-order valence-electron chi connectivity index (χ2n) is 5.88. The van der Waals surface area contributed by atoms with E-state index in [1.807, 2.05) is 38.1 Å². The summed E-state index contributed by atoms with van der Waals surface area (Å²) in [5.41, 5.74) is 5.51. The Morgan fingerprint density at radius 1 is 1.04 bits per heavy atom. The van der Waals surface area contributed by atoms with E-state index < -0.39 is 0 Å². The summed E-state index contributed by atoms with van der Waals surface area (Å²) in [6.07, 6.45) is 0.868. The number of carbonyl (C=O) groups is 1. The summed E-state index contributed by atoms with van der Waals surface area (Å²) in [6, 6.07) is 11.9. The lowest BCUT2D eigenvalue weighted by Gasteiger charge is -2.13. The first kappa shape index (κ1) is 17.5. The number of hydrogen-bond acceptors (Lipinski definition) is 2. The van der Waals surface area contributed by atoms with Gasteiger partial charge in [-0.1, -0.05) is 41.4 Å². The van der Waals surface area contributed by atoms with Gasteiger partial charge in [0.15, 0.2) is 0 Å². The Morgan fingerprint density at radius 2 is 1.65 bits per heavy atom. The molecule has 0 spiro atoms. The molecule has 2 aromatic rings. The van der Waals surface area contributed by atoms with E-state index in [1.165, 1.54) is 11.1 Å². The van der Waals surface area contributed by atoms with Crippen molar-refractivity contribution in [3.8, 4) is 0 Å². The van der Waals surface area contributed by atoms with Gasteiger partial charge in [0, 0.05) is 10.7 Å². The molecule has 0 saturated heterocycles. The second kappa shape index (κ2) is 8.14. The molecule has 122 valence electrons. The van der Waals surface area contributed by atoms with Crippen molar-refractivity contribution < 1.29 is 4.79 Å². The summed E-state index contributed by atoms with van der Waals surface area (Å²) in [5, 5.41) is 6.91. The Kier molecular flexibility index (Phi) is 6.20. The molecule has 0 saturated carbocycles. The number of rotatable bonds is 6. The van der Waals surface area contributed by atoms with E-state index in [0.29, 0.717) is 6.54 Å². The van der Waals surface area contributed by atoms with Gasteiger partial charge < -0.3 is 10.6 Å². The zero-order chi connectivity index (χ0) is 16.8. The average Bonchev–Trinajstić information content (AvgIpc) is 2.49. The minimum Gasteiger partial charge on any atom is -0.324 e. The zero-order valence-corrected chi connectivity index (χ0v) is 14.6. The quantitative estimate of drug-likeness (QED) is 0.785. The molecule has 3 nitrogen and oxygen atoms in total. The van der Waals surface area contributed by atoms with Crippen molar-refractivity contribution in [2.45, 2.75) is 27.2 Å². The molecule has 0 bridgehead atoms. The first-order valence-corrected chi connectivity index (χ1v) is 8.16. The van der Waals surface area contributed by atoms with Crippen LogP contribution >= 0.6 is 11.6 Å². The topological polar surface area (TPSA) is 41.1 Å². The van der Waals surface area contributed by atoms with Crippen LogP contribution in [-0.4, -0.2) is 19.0 Å². The van der Waals surface area contributed by atoms with Crippen molar-refractivity contribution in [2.75, 3.05) is 18.4 Å². The first-order chi connectivity index (χ1) is 11.0. The van der Waals surface area contributed by atoms with Gasteiger partial charge in [0.25, 0.3) is 0 Å². The number of amides is 1. The number of hydrogen-bond donors (Lipinski definition) is 2. The van der Waals surface area contributed by atoms with Gasteiger partial charge in [-0.25, -0.2) is 0 Å². The Bertz CT molecular complexity index is 657. The summed E-state index contributed by atoms with van der Waals surface area (Å²) in [7, 11) is 0. The van der Waals surface area contributed by atoms with Gasteiger partial charge in [-0.2, -0.15) is 0 Å². The predicted octanol–water partition coefficient (Wildman–Crippen LogP) is 4.04. The number of aryl methyl sites for hydroxylation is 3. The molecule has 0 aliphatic carbocycles. The molecule has 0 atom stereocenters. The van der Waals surface area contributed by atoms with Crippen LogP contribution < -0.4 is 10.6 Å². The van der Waals surface area contributed by atoms with Crippen LogP contribution in [0.15, 0.2) is 36.4 Å². The van der Waals surface area contributed by atoms with Crippen LogP contribution in [0.2, 0.25) is 5.02 Å². The summed E-state index contributed by atoms with van der Waals surface area (Å²) in [6.45, 7) is 7.15. The van der Waals surface area contributed by atoms with Crippen LogP contribution in [0.3, 0.4) is 0 Å². The molecule has 2 rings (SSSR count). The fraction of sp³-hybridized carbons (Fsp3) is 0.316. The van der Waals surface area contributed by atoms with Crippen LogP contribution in [0.5, 0.6) is 0 Å². The molecular weight excluding hydrogens is 308 g/mol. The monoisotopic (exact) mass is 330 g/mol. The third-order valence-electron chi connectivity index (χ3n) is 3.73. The Labute approximate surface area is 143 Å². The number of benzene rings is 2. The van der Waals surface area contributed by atoms with Crippen molar-refractivity contribution in [3.05, 3.63) is 63.7 Å². The van der Waals surface area contributed by atoms with Crippen molar-refractivity contribution in [1.82, 2.24) is 5.32 Å². The molecule has 0 unspecified atom stereocenters. The molecule has 0 aliphatic heterocycles. The van der Waals surface area contributed by atoms with Crippen LogP contribution in [0.25, 0.3) is 0 Å². The normalized spacial score (nSPS) is 10.6. The minimum absolute atomic E-state index is 0.0174. The van der Waals surface area contributed by atoms with Crippen LogP contribution in [0, 0.1) is 20.8 Å². The van der Waals surface area contributed by atoms with Crippen molar-refractivity contribution in [1.29, 1.82) is 0 Å². The molecule has 0 heterocycles. The lowest BCUT2D eigenvalue weighted by Crippen LogP contribution is -2.30. The highest BCUT2D eigenvalue weighted by molar-refractivity contribution is 6.30. The molecule has 0 aromatic heterocycles. The summed E-state index contributed by atoms with van der Waals surface area (Å²) in [4.78, 5) is 12.1. The average molecular weight is 331 g/mol. The highest BCUT2D eigenvalue weighted by Crippen LogP contribution is 2.21. The molecule has 4 heteroatoms. The zero-order valence-electron chi connectivity index (χ0n) is 13.9. The van der Waals surface area contributed by atoms with Crippen molar-refractivity contribution in [2.24, 2.45) is 0 Å². The van der Waals surface area contributed by atoms with Gasteiger partial charge in [-0.05, 0) is 62.6 Å². The third-order valence-corrected chi connectivity index (χ3v) is 3.98. The molecule has 2 aromatic carbocycles. The first-order valence-electron chi connectivity index (χ1n) is 7.78. The van der Waals surface area contributed by atoms with Gasteiger partial charge >= 0.3 is 0 Å². The van der Waals surface area contributed by atoms with Gasteiger partial charge in [-0.3, -0.25) is 4.79 Å². The second-order valence-corrected chi connectivity index (χ2v) is 6.31. The predicted molar refractivity (Wildman–Crippen MR) is 97.3 cm³/mol. The van der Waals surface area contributed by atoms with Crippen molar-refractivity contribution >= 4 is 23.2 Å². The van der Waals surface area contributed by atoms with E-state index in [-0.39, 0.29) is 5.91 Å². The maximum atomic E-state index is 12.1. The van der Waals surface area contributed by atoms with Crippen LogP contribution in [-0.2, 0) is 11.2 Å². The third kappa shape index (κ3) is 5.38. The molecule has 0 aliphatic rings. The SMILES string of the molecule is Cc1cc(C)c(NC(=O)CNCCc2ccc(Cl)cc2)c(C)c1. The lowest BCUT2D eigenvalue weighted by molar-refractivity contribution is -0.115. The van der Waals surface area contributed by atoms with E-state index in [1.54, 1.807) is 0 Å². The fourth-order valence-electron chi connectivity index (χ4n) is 2.65. The van der Waals surface area contributed by atoms with Crippen molar-refractivity contribution in [3.63, 3.8) is 0 Å².